The summed E-state index contributed by atoms with van der Waals surface area (Å²) >= 11 is 0. The number of nitrogens with one attached hydrogen (secondary N) is 1. The molecule has 0 unspecified atom stereocenters. The number of amides is 1. The molecule has 0 aromatic heterocycles. The van der Waals surface area contributed by atoms with Crippen LogP contribution in [0.15, 0.2) is 29.2 Å². The minimum atomic E-state index is -4.02. The first-order valence-electron chi connectivity index (χ1n) is 5.94. The molecule has 21 heavy (non-hydrogen) atoms. The van der Waals surface area contributed by atoms with Crippen molar-refractivity contribution in [1.82, 2.24) is 4.72 Å². The molecular weight excluding hydrogens is 300 g/mol. The summed E-state index contributed by atoms with van der Waals surface area (Å²) in [7, 11) is -2.58. The number of methoxy groups -OCH3 is 1. The Morgan fingerprint density at radius 1 is 1.33 bits per heavy atom. The molecule has 0 heterocycles. The number of hydrogen-bond donors (Lipinski definition) is 3. The van der Waals surface area contributed by atoms with E-state index in [0.717, 1.165) is 0 Å². The Morgan fingerprint density at radius 3 is 2.33 bits per heavy atom. The lowest BCUT2D eigenvalue weighted by Gasteiger charge is -2.14. The first kappa shape index (κ1) is 16.9. The van der Waals surface area contributed by atoms with Crippen LogP contribution in [-0.2, 0) is 19.6 Å². The highest BCUT2D eigenvalue weighted by Gasteiger charge is 2.25. The number of hydrogen-bond acceptors (Lipinski definition) is 5. The highest BCUT2D eigenvalue weighted by molar-refractivity contribution is 7.89. The molecular formula is C12H16N2O6S. The van der Waals surface area contributed by atoms with Crippen molar-refractivity contribution >= 4 is 21.9 Å². The van der Waals surface area contributed by atoms with Crippen molar-refractivity contribution in [3.63, 3.8) is 0 Å². The fraction of sp³-hybridized carbons (Fsp3) is 0.333. The zero-order valence-corrected chi connectivity index (χ0v) is 12.1. The van der Waals surface area contributed by atoms with E-state index in [1.807, 2.05) is 4.72 Å². The lowest BCUT2D eigenvalue weighted by atomic mass is 10.2. The van der Waals surface area contributed by atoms with Crippen LogP contribution in [0.2, 0.25) is 0 Å². The number of aliphatic carboxylic acids is 1. The fourth-order valence-electron chi connectivity index (χ4n) is 1.53. The third kappa shape index (κ3) is 5.04. The third-order valence-electron chi connectivity index (χ3n) is 2.64. The Kier molecular flexibility index (Phi) is 5.68. The van der Waals surface area contributed by atoms with Crippen LogP contribution in [0, 0.1) is 0 Å². The van der Waals surface area contributed by atoms with E-state index in [1.165, 1.54) is 31.4 Å². The largest absolute Gasteiger partial charge is 0.497 e. The Labute approximate surface area is 122 Å². The topological polar surface area (TPSA) is 136 Å². The van der Waals surface area contributed by atoms with Gasteiger partial charge in [0.25, 0.3) is 0 Å². The molecule has 0 radical (unpaired) electrons. The summed E-state index contributed by atoms with van der Waals surface area (Å²) in [6, 6.07) is 4.02. The number of benzene rings is 1. The molecule has 0 fully saturated rings. The zero-order chi connectivity index (χ0) is 16.0. The second-order valence-corrected chi connectivity index (χ2v) is 5.91. The average Bonchev–Trinajstić information content (AvgIpc) is 2.43. The number of carboxylic acids is 1. The van der Waals surface area contributed by atoms with Crippen LogP contribution in [0.5, 0.6) is 5.75 Å². The molecule has 0 spiro atoms. The summed E-state index contributed by atoms with van der Waals surface area (Å²) in [6.07, 6.45) is -0.456. The SMILES string of the molecule is COc1ccc(S(=O)(=O)N[C@@H](CCC(N)=O)C(=O)O)cc1. The second kappa shape index (κ2) is 7.04. The summed E-state index contributed by atoms with van der Waals surface area (Å²) in [5.41, 5.74) is 4.92. The summed E-state index contributed by atoms with van der Waals surface area (Å²) in [5.74, 6) is -1.62. The van der Waals surface area contributed by atoms with Gasteiger partial charge in [-0.15, -0.1) is 0 Å². The molecule has 0 saturated heterocycles. The predicted octanol–water partition coefficient (Wildman–Crippen LogP) is -0.308. The van der Waals surface area contributed by atoms with Gasteiger partial charge in [0.05, 0.1) is 12.0 Å². The van der Waals surface area contributed by atoms with Gasteiger partial charge in [0, 0.05) is 6.42 Å². The van der Waals surface area contributed by atoms with Gasteiger partial charge in [0.1, 0.15) is 11.8 Å². The van der Waals surface area contributed by atoms with Crippen molar-refractivity contribution < 1.29 is 27.9 Å². The van der Waals surface area contributed by atoms with Gasteiger partial charge in [-0.25, -0.2) is 8.42 Å². The van der Waals surface area contributed by atoms with Crippen molar-refractivity contribution in [2.24, 2.45) is 5.73 Å². The van der Waals surface area contributed by atoms with Crippen molar-refractivity contribution in [1.29, 1.82) is 0 Å². The normalized spacial score (nSPS) is 12.6. The number of carboxylic acid groups (broad SMARTS) is 1. The number of primary amides is 1. The highest BCUT2D eigenvalue weighted by atomic mass is 32.2. The standard InChI is InChI=1S/C12H16N2O6S/c1-20-8-2-4-9(5-3-8)21(18,19)14-10(12(16)17)6-7-11(13)15/h2-5,10,14H,6-7H2,1H3,(H2,13,15)(H,16,17)/t10-/m0/s1. The average molecular weight is 316 g/mol. The Balaban J connectivity index is 2.89. The maximum atomic E-state index is 12.1. The van der Waals surface area contributed by atoms with E-state index in [4.69, 9.17) is 15.6 Å². The smallest absolute Gasteiger partial charge is 0.321 e. The van der Waals surface area contributed by atoms with Crippen LogP contribution >= 0.6 is 0 Å². The van der Waals surface area contributed by atoms with Crippen molar-refractivity contribution in [3.05, 3.63) is 24.3 Å². The lowest BCUT2D eigenvalue weighted by molar-refractivity contribution is -0.139. The molecule has 9 heteroatoms. The number of rotatable bonds is 8. The second-order valence-electron chi connectivity index (χ2n) is 4.19. The van der Waals surface area contributed by atoms with Gasteiger partial charge in [-0.05, 0) is 30.7 Å². The molecule has 0 aliphatic carbocycles. The van der Waals surface area contributed by atoms with Gasteiger partial charge in [0.15, 0.2) is 0 Å². The fourth-order valence-corrected chi connectivity index (χ4v) is 2.75. The minimum Gasteiger partial charge on any atom is -0.497 e. The summed E-state index contributed by atoms with van der Waals surface area (Å²) < 4.78 is 31.1. The van der Waals surface area contributed by atoms with Crippen LogP contribution < -0.4 is 15.2 Å². The van der Waals surface area contributed by atoms with Crippen LogP contribution in [0.3, 0.4) is 0 Å². The molecule has 0 bridgehead atoms. The molecule has 8 nitrogen and oxygen atoms in total. The summed E-state index contributed by atoms with van der Waals surface area (Å²) in [6.45, 7) is 0. The first-order chi connectivity index (χ1) is 9.76. The van der Waals surface area contributed by atoms with Crippen LogP contribution in [0.4, 0.5) is 0 Å². The van der Waals surface area contributed by atoms with E-state index in [-0.39, 0.29) is 17.7 Å². The highest BCUT2D eigenvalue weighted by Crippen LogP contribution is 2.16. The maximum Gasteiger partial charge on any atom is 0.321 e. The van der Waals surface area contributed by atoms with Crippen LogP contribution in [0.1, 0.15) is 12.8 Å². The molecule has 1 aromatic carbocycles. The summed E-state index contributed by atoms with van der Waals surface area (Å²) in [4.78, 5) is 21.6. The predicted molar refractivity (Wildman–Crippen MR) is 73.2 cm³/mol. The first-order valence-corrected chi connectivity index (χ1v) is 7.42. The molecule has 1 rings (SSSR count). The molecule has 116 valence electrons. The van der Waals surface area contributed by atoms with E-state index < -0.39 is 27.9 Å². The minimum absolute atomic E-state index is 0.103. The molecule has 1 aromatic rings. The van der Waals surface area contributed by atoms with Crippen LogP contribution in [0.25, 0.3) is 0 Å². The Hall–Kier alpha value is -2.13. The maximum absolute atomic E-state index is 12.1. The van der Waals surface area contributed by atoms with Gasteiger partial charge >= 0.3 is 5.97 Å². The molecule has 0 aliphatic rings. The van der Waals surface area contributed by atoms with Gasteiger partial charge in [0.2, 0.25) is 15.9 Å². The van der Waals surface area contributed by atoms with E-state index in [2.05, 4.69) is 0 Å². The zero-order valence-electron chi connectivity index (χ0n) is 11.3. The van der Waals surface area contributed by atoms with E-state index in [0.29, 0.717) is 5.75 Å². The van der Waals surface area contributed by atoms with Gasteiger partial charge < -0.3 is 15.6 Å². The molecule has 0 saturated carbocycles. The van der Waals surface area contributed by atoms with Crippen LogP contribution in [-0.4, -0.2) is 38.6 Å². The Bertz CT molecular complexity index is 611. The van der Waals surface area contributed by atoms with Crippen molar-refractivity contribution in [2.75, 3.05) is 7.11 Å². The number of carbonyl (C=O) groups excluding carboxylic acids is 1. The van der Waals surface area contributed by atoms with E-state index in [9.17, 15) is 18.0 Å². The quantitative estimate of drug-likeness (QED) is 0.602. The van der Waals surface area contributed by atoms with E-state index in [1.54, 1.807) is 0 Å². The van der Waals surface area contributed by atoms with E-state index >= 15 is 0 Å². The number of ether oxygens (including phenoxy) is 1. The monoisotopic (exact) mass is 316 g/mol. The van der Waals surface area contributed by atoms with Crippen molar-refractivity contribution in [2.45, 2.75) is 23.8 Å². The summed E-state index contributed by atoms with van der Waals surface area (Å²) in [5, 5.41) is 8.98. The molecule has 4 N–H and O–H groups in total. The van der Waals surface area contributed by atoms with Crippen molar-refractivity contribution in [3.8, 4) is 5.75 Å². The van der Waals surface area contributed by atoms with Gasteiger partial charge in [-0.1, -0.05) is 0 Å². The third-order valence-corrected chi connectivity index (χ3v) is 4.13. The Morgan fingerprint density at radius 2 is 1.90 bits per heavy atom. The lowest BCUT2D eigenvalue weighted by Crippen LogP contribution is -2.41. The van der Waals surface area contributed by atoms with Gasteiger partial charge in [-0.3, -0.25) is 9.59 Å². The molecule has 1 atom stereocenters. The van der Waals surface area contributed by atoms with Gasteiger partial charge in [-0.2, -0.15) is 4.72 Å². The number of sulfonamides is 1. The molecule has 1 amide bonds. The number of nitrogens with two attached hydrogens (primary N) is 1. The molecule has 0 aliphatic heterocycles. The number of carbonyl (C=O) groups is 2.